The van der Waals surface area contributed by atoms with Crippen molar-refractivity contribution in [2.24, 2.45) is 0 Å². The van der Waals surface area contributed by atoms with E-state index in [-0.39, 0.29) is 11.4 Å². The molecule has 0 aliphatic carbocycles. The lowest BCUT2D eigenvalue weighted by Gasteiger charge is -2.40. The summed E-state index contributed by atoms with van der Waals surface area (Å²) in [6, 6.07) is 0.574. The van der Waals surface area contributed by atoms with Crippen molar-refractivity contribution in [2.45, 2.75) is 44.8 Å². The molecule has 0 bridgehead atoms. The van der Waals surface area contributed by atoms with E-state index in [4.69, 9.17) is 4.74 Å². The third-order valence-electron chi connectivity index (χ3n) is 4.23. The van der Waals surface area contributed by atoms with E-state index in [0.29, 0.717) is 23.8 Å². The number of aromatic nitrogens is 1. The van der Waals surface area contributed by atoms with Crippen molar-refractivity contribution < 1.29 is 9.13 Å². The van der Waals surface area contributed by atoms with Gasteiger partial charge in [-0.1, -0.05) is 0 Å². The number of rotatable bonds is 1. The van der Waals surface area contributed by atoms with Gasteiger partial charge in [0.15, 0.2) is 0 Å². The Kier molecular flexibility index (Phi) is 2.77. The summed E-state index contributed by atoms with van der Waals surface area (Å²) in [4.78, 5) is 6.32. The molecule has 2 aliphatic heterocycles. The molecule has 0 amide bonds. The number of ether oxygens (including phenoxy) is 1. The predicted molar refractivity (Wildman–Crippen MR) is 67.2 cm³/mol. The van der Waals surface area contributed by atoms with Crippen molar-refractivity contribution >= 4 is 0 Å². The minimum Gasteiger partial charge on any atom is -0.485 e. The predicted octanol–water partition coefficient (Wildman–Crippen LogP) is 2.40. The van der Waals surface area contributed by atoms with Crippen molar-refractivity contribution in [1.82, 2.24) is 9.88 Å². The summed E-state index contributed by atoms with van der Waals surface area (Å²) in [6.07, 6.45) is 5.56. The number of likely N-dealkylation sites (tertiary alicyclic amines) is 1. The van der Waals surface area contributed by atoms with Crippen LogP contribution in [-0.4, -0.2) is 34.6 Å². The first-order valence-electron chi connectivity index (χ1n) is 6.65. The van der Waals surface area contributed by atoms with Gasteiger partial charge in [-0.3, -0.25) is 4.98 Å². The molecule has 0 unspecified atom stereocenters. The van der Waals surface area contributed by atoms with Gasteiger partial charge in [-0.05, 0) is 13.8 Å². The van der Waals surface area contributed by atoms with Gasteiger partial charge in [0.25, 0.3) is 0 Å². The lowest BCUT2D eigenvalue weighted by molar-refractivity contribution is 0.0101. The SMILES string of the molecule is CC(C)N1CCC2(CC1)Cc1c(F)cncc1O2. The van der Waals surface area contributed by atoms with Crippen LogP contribution in [0.15, 0.2) is 12.4 Å². The Balaban J connectivity index is 1.76. The fraction of sp³-hybridized carbons (Fsp3) is 0.643. The molecule has 0 N–H and O–H groups in total. The van der Waals surface area contributed by atoms with E-state index in [1.54, 1.807) is 6.20 Å². The van der Waals surface area contributed by atoms with E-state index in [1.807, 2.05) is 0 Å². The molecule has 4 heteroatoms. The molecule has 1 aromatic heterocycles. The monoisotopic (exact) mass is 250 g/mol. The minimum atomic E-state index is -0.226. The van der Waals surface area contributed by atoms with Crippen molar-refractivity contribution in [1.29, 1.82) is 0 Å². The third kappa shape index (κ3) is 1.88. The molecule has 0 radical (unpaired) electrons. The number of pyridine rings is 1. The first kappa shape index (κ1) is 11.9. The van der Waals surface area contributed by atoms with Crippen LogP contribution in [0.4, 0.5) is 4.39 Å². The van der Waals surface area contributed by atoms with Crippen LogP contribution in [0.3, 0.4) is 0 Å². The van der Waals surface area contributed by atoms with Crippen LogP contribution >= 0.6 is 0 Å². The molecule has 3 rings (SSSR count). The maximum Gasteiger partial charge on any atom is 0.148 e. The average Bonchev–Trinajstić information content (AvgIpc) is 2.69. The van der Waals surface area contributed by atoms with Crippen molar-refractivity contribution in [3.63, 3.8) is 0 Å². The second-order valence-electron chi connectivity index (χ2n) is 5.69. The molecule has 18 heavy (non-hydrogen) atoms. The molecule has 98 valence electrons. The van der Waals surface area contributed by atoms with Gasteiger partial charge in [0, 0.05) is 44.0 Å². The average molecular weight is 250 g/mol. The standard InChI is InChI=1S/C14H19FN2O/c1-10(2)17-5-3-14(4-6-17)7-11-12(15)8-16-9-13(11)18-14/h8-10H,3-7H2,1-2H3. The molecular weight excluding hydrogens is 231 g/mol. The molecule has 0 saturated carbocycles. The highest BCUT2D eigenvalue weighted by atomic mass is 19.1. The molecule has 1 aromatic rings. The van der Waals surface area contributed by atoms with Crippen LogP contribution in [0.2, 0.25) is 0 Å². The summed E-state index contributed by atoms with van der Waals surface area (Å²) in [7, 11) is 0. The number of hydrogen-bond acceptors (Lipinski definition) is 3. The summed E-state index contributed by atoms with van der Waals surface area (Å²) in [5.41, 5.74) is 0.528. The van der Waals surface area contributed by atoms with Crippen LogP contribution in [0.1, 0.15) is 32.3 Å². The maximum atomic E-state index is 13.7. The number of fused-ring (bicyclic) bond motifs is 1. The molecule has 0 atom stereocenters. The number of nitrogens with zero attached hydrogens (tertiary/aromatic N) is 2. The molecular formula is C14H19FN2O. The quantitative estimate of drug-likeness (QED) is 0.765. The van der Waals surface area contributed by atoms with Crippen LogP contribution in [0.25, 0.3) is 0 Å². The zero-order valence-electron chi connectivity index (χ0n) is 10.9. The van der Waals surface area contributed by atoms with E-state index in [9.17, 15) is 4.39 Å². The summed E-state index contributed by atoms with van der Waals surface area (Å²) in [5, 5.41) is 0. The maximum absolute atomic E-state index is 13.7. The number of hydrogen-bond donors (Lipinski definition) is 0. The molecule has 3 heterocycles. The van der Waals surface area contributed by atoms with Gasteiger partial charge in [-0.15, -0.1) is 0 Å². The van der Waals surface area contributed by atoms with E-state index in [0.717, 1.165) is 25.9 Å². The van der Waals surface area contributed by atoms with E-state index < -0.39 is 0 Å². The van der Waals surface area contributed by atoms with Gasteiger partial charge in [0.2, 0.25) is 0 Å². The third-order valence-corrected chi connectivity index (χ3v) is 4.23. The first-order valence-corrected chi connectivity index (χ1v) is 6.65. The zero-order chi connectivity index (χ0) is 12.8. The Hall–Kier alpha value is -1.16. The van der Waals surface area contributed by atoms with Gasteiger partial charge in [-0.2, -0.15) is 0 Å². The molecule has 1 saturated heterocycles. The van der Waals surface area contributed by atoms with Crippen LogP contribution in [-0.2, 0) is 6.42 Å². The fourth-order valence-corrected chi connectivity index (χ4v) is 3.02. The highest BCUT2D eigenvalue weighted by Crippen LogP contribution is 2.41. The van der Waals surface area contributed by atoms with Crippen LogP contribution in [0.5, 0.6) is 5.75 Å². The normalized spacial score (nSPS) is 22.2. The van der Waals surface area contributed by atoms with Gasteiger partial charge < -0.3 is 9.64 Å². The smallest absolute Gasteiger partial charge is 0.148 e. The Morgan fingerprint density at radius 2 is 2.06 bits per heavy atom. The summed E-state index contributed by atoms with van der Waals surface area (Å²) in [6.45, 7) is 6.49. The van der Waals surface area contributed by atoms with Crippen LogP contribution in [0, 0.1) is 5.82 Å². The van der Waals surface area contributed by atoms with Crippen molar-refractivity contribution in [3.05, 3.63) is 23.8 Å². The summed E-state index contributed by atoms with van der Waals surface area (Å²) < 4.78 is 19.7. The molecule has 3 nitrogen and oxygen atoms in total. The van der Waals surface area contributed by atoms with E-state index in [1.165, 1.54) is 6.20 Å². The lowest BCUT2D eigenvalue weighted by Crippen LogP contribution is -2.49. The molecule has 1 spiro atoms. The molecule has 1 fully saturated rings. The Bertz CT molecular complexity index is 453. The van der Waals surface area contributed by atoms with Crippen molar-refractivity contribution in [2.75, 3.05) is 13.1 Å². The van der Waals surface area contributed by atoms with Gasteiger partial charge >= 0.3 is 0 Å². The molecule has 2 aliphatic rings. The van der Waals surface area contributed by atoms with Gasteiger partial charge in [0.05, 0.1) is 12.4 Å². The highest BCUT2D eigenvalue weighted by molar-refractivity contribution is 5.37. The number of halogens is 1. The molecule has 0 aromatic carbocycles. The Morgan fingerprint density at radius 3 is 2.67 bits per heavy atom. The minimum absolute atomic E-state index is 0.183. The largest absolute Gasteiger partial charge is 0.485 e. The second-order valence-corrected chi connectivity index (χ2v) is 5.69. The van der Waals surface area contributed by atoms with E-state index in [2.05, 4.69) is 23.7 Å². The van der Waals surface area contributed by atoms with Gasteiger partial charge in [-0.25, -0.2) is 4.39 Å². The summed E-state index contributed by atoms with van der Waals surface area (Å²) in [5.74, 6) is 0.420. The fourth-order valence-electron chi connectivity index (χ4n) is 3.02. The summed E-state index contributed by atoms with van der Waals surface area (Å²) >= 11 is 0. The number of piperidine rings is 1. The Labute approximate surface area is 107 Å². The lowest BCUT2D eigenvalue weighted by atomic mass is 9.87. The Morgan fingerprint density at radius 1 is 1.33 bits per heavy atom. The topological polar surface area (TPSA) is 25.4 Å². The van der Waals surface area contributed by atoms with E-state index >= 15 is 0 Å². The van der Waals surface area contributed by atoms with Crippen molar-refractivity contribution in [3.8, 4) is 5.75 Å². The van der Waals surface area contributed by atoms with Gasteiger partial charge in [0.1, 0.15) is 17.2 Å². The van der Waals surface area contributed by atoms with Crippen LogP contribution < -0.4 is 4.74 Å². The first-order chi connectivity index (χ1) is 8.60. The zero-order valence-corrected chi connectivity index (χ0v) is 10.9. The highest BCUT2D eigenvalue weighted by Gasteiger charge is 2.43. The second kappa shape index (κ2) is 4.19.